The van der Waals surface area contributed by atoms with Crippen molar-refractivity contribution < 1.29 is 23.6 Å². The Bertz CT molecular complexity index is 1030. The van der Waals surface area contributed by atoms with Gasteiger partial charge in [-0.3, -0.25) is 9.59 Å². The molecule has 1 amide bonds. The molecule has 0 atom stereocenters. The van der Waals surface area contributed by atoms with E-state index in [1.54, 1.807) is 6.07 Å². The number of rotatable bonds is 4. The Kier molecular flexibility index (Phi) is 5.31. The first-order valence-corrected chi connectivity index (χ1v) is 10.4. The van der Waals surface area contributed by atoms with E-state index in [1.807, 2.05) is 58.0 Å². The molecular weight excluding hydrogens is 395 g/mol. The highest BCUT2D eigenvalue weighted by atomic mass is 16.7. The van der Waals surface area contributed by atoms with Gasteiger partial charge in [0.2, 0.25) is 0 Å². The van der Waals surface area contributed by atoms with Crippen LogP contribution in [-0.2, 0) is 25.3 Å². The number of methoxy groups -OCH3 is 1. The summed E-state index contributed by atoms with van der Waals surface area (Å²) < 4.78 is 17.0. The number of esters is 1. The summed E-state index contributed by atoms with van der Waals surface area (Å²) in [5, 5.41) is 6.31. The van der Waals surface area contributed by atoms with Gasteiger partial charge in [-0.1, -0.05) is 12.1 Å². The smallest absolute Gasteiger partial charge is 0.469 e. The van der Waals surface area contributed by atoms with Crippen LogP contribution in [0, 0.1) is 0 Å². The van der Waals surface area contributed by atoms with Gasteiger partial charge in [-0.15, -0.1) is 0 Å². The molecule has 0 aromatic heterocycles. The molecule has 2 aliphatic heterocycles. The van der Waals surface area contributed by atoms with Gasteiger partial charge < -0.3 is 24.7 Å². The third-order valence-electron chi connectivity index (χ3n) is 6.26. The first-order chi connectivity index (χ1) is 14.6. The molecule has 4 rings (SSSR count). The summed E-state index contributed by atoms with van der Waals surface area (Å²) in [5.74, 6) is -0.466. The zero-order valence-corrected chi connectivity index (χ0v) is 18.5. The van der Waals surface area contributed by atoms with Gasteiger partial charge in [-0.2, -0.15) is 0 Å². The van der Waals surface area contributed by atoms with Crippen LogP contribution in [0.15, 0.2) is 36.4 Å². The molecule has 1 saturated heterocycles. The zero-order chi connectivity index (χ0) is 22.4. The average molecular weight is 422 g/mol. The SMILES string of the molecule is COC(=O)CCc1ccc2c(c1)NC(=O)c1ccc(B3OC(C)(C)C(C)(C)O3)cc1N2. The molecule has 2 aliphatic rings. The van der Waals surface area contributed by atoms with Crippen LogP contribution in [0.5, 0.6) is 0 Å². The maximum atomic E-state index is 12.8. The Morgan fingerprint density at radius 2 is 1.68 bits per heavy atom. The minimum absolute atomic E-state index is 0.202. The predicted octanol–water partition coefficient (Wildman–Crippen LogP) is 3.40. The predicted molar refractivity (Wildman–Crippen MR) is 120 cm³/mol. The normalized spacial score (nSPS) is 18.4. The van der Waals surface area contributed by atoms with Crippen molar-refractivity contribution in [3.63, 3.8) is 0 Å². The van der Waals surface area contributed by atoms with Crippen LogP contribution in [0.1, 0.15) is 50.0 Å². The molecule has 0 aliphatic carbocycles. The third-order valence-corrected chi connectivity index (χ3v) is 6.26. The Labute approximate surface area is 182 Å². The summed E-state index contributed by atoms with van der Waals surface area (Å²) in [5.41, 5.74) is 3.57. The van der Waals surface area contributed by atoms with Gasteiger partial charge >= 0.3 is 13.1 Å². The first kappa shape index (κ1) is 21.4. The average Bonchev–Trinajstić information content (AvgIpc) is 2.85. The zero-order valence-electron chi connectivity index (χ0n) is 18.5. The highest BCUT2D eigenvalue weighted by molar-refractivity contribution is 6.62. The Morgan fingerprint density at radius 3 is 2.35 bits per heavy atom. The monoisotopic (exact) mass is 422 g/mol. The largest absolute Gasteiger partial charge is 0.494 e. The fourth-order valence-corrected chi connectivity index (χ4v) is 3.63. The van der Waals surface area contributed by atoms with Gasteiger partial charge in [0.25, 0.3) is 5.91 Å². The van der Waals surface area contributed by atoms with E-state index in [9.17, 15) is 9.59 Å². The van der Waals surface area contributed by atoms with Crippen LogP contribution in [0.2, 0.25) is 0 Å². The number of benzene rings is 2. The number of carbonyl (C=O) groups excluding carboxylic acids is 2. The van der Waals surface area contributed by atoms with E-state index in [0.29, 0.717) is 23.4 Å². The summed E-state index contributed by atoms with van der Waals surface area (Å²) in [7, 11) is 0.863. The van der Waals surface area contributed by atoms with Gasteiger partial charge in [0.1, 0.15) is 0 Å². The van der Waals surface area contributed by atoms with Crippen LogP contribution in [0.25, 0.3) is 0 Å². The lowest BCUT2D eigenvalue weighted by molar-refractivity contribution is -0.140. The Balaban J connectivity index is 1.60. The van der Waals surface area contributed by atoms with E-state index in [0.717, 1.165) is 16.7 Å². The summed E-state index contributed by atoms with van der Waals surface area (Å²) in [4.78, 5) is 24.3. The van der Waals surface area contributed by atoms with Crippen molar-refractivity contribution in [2.24, 2.45) is 0 Å². The van der Waals surface area contributed by atoms with Crippen LogP contribution in [-0.4, -0.2) is 37.3 Å². The molecule has 0 radical (unpaired) electrons. The van der Waals surface area contributed by atoms with Gasteiger partial charge in [-0.05, 0) is 69.4 Å². The van der Waals surface area contributed by atoms with Crippen molar-refractivity contribution in [1.82, 2.24) is 0 Å². The fraction of sp³-hybridized carbons (Fsp3) is 0.391. The molecule has 7 nitrogen and oxygen atoms in total. The van der Waals surface area contributed by atoms with Crippen molar-refractivity contribution in [2.45, 2.75) is 51.7 Å². The molecule has 0 unspecified atom stereocenters. The van der Waals surface area contributed by atoms with Crippen LogP contribution in [0.3, 0.4) is 0 Å². The van der Waals surface area contributed by atoms with Crippen LogP contribution in [0.4, 0.5) is 17.1 Å². The molecule has 2 aromatic rings. The van der Waals surface area contributed by atoms with Gasteiger partial charge in [-0.25, -0.2) is 0 Å². The summed E-state index contributed by atoms with van der Waals surface area (Å²) in [6.07, 6.45) is 0.823. The molecule has 2 heterocycles. The quantitative estimate of drug-likeness (QED) is 0.580. The minimum Gasteiger partial charge on any atom is -0.469 e. The highest BCUT2D eigenvalue weighted by Gasteiger charge is 2.51. The van der Waals surface area contributed by atoms with Crippen molar-refractivity contribution in [2.75, 3.05) is 17.7 Å². The van der Waals surface area contributed by atoms with E-state index in [4.69, 9.17) is 14.0 Å². The number of carbonyl (C=O) groups is 2. The molecule has 162 valence electrons. The molecule has 0 spiro atoms. The van der Waals surface area contributed by atoms with Crippen molar-refractivity contribution >= 4 is 41.5 Å². The number of nitrogens with one attached hydrogen (secondary N) is 2. The first-order valence-electron chi connectivity index (χ1n) is 10.4. The van der Waals surface area contributed by atoms with Gasteiger partial charge in [0.15, 0.2) is 0 Å². The van der Waals surface area contributed by atoms with Crippen LogP contribution < -0.4 is 16.1 Å². The van der Waals surface area contributed by atoms with E-state index in [-0.39, 0.29) is 18.3 Å². The highest BCUT2D eigenvalue weighted by Crippen LogP contribution is 2.37. The molecule has 31 heavy (non-hydrogen) atoms. The number of anilines is 3. The summed E-state index contributed by atoms with van der Waals surface area (Å²) >= 11 is 0. The topological polar surface area (TPSA) is 85.9 Å². The lowest BCUT2D eigenvalue weighted by Crippen LogP contribution is -2.41. The number of hydrogen-bond acceptors (Lipinski definition) is 6. The molecule has 2 N–H and O–H groups in total. The van der Waals surface area contributed by atoms with Crippen molar-refractivity contribution in [3.8, 4) is 0 Å². The molecule has 0 bridgehead atoms. The third kappa shape index (κ3) is 4.05. The second-order valence-corrected chi connectivity index (χ2v) is 8.93. The van der Waals surface area contributed by atoms with Crippen molar-refractivity contribution in [3.05, 3.63) is 47.5 Å². The number of fused-ring (bicyclic) bond motifs is 2. The summed E-state index contributed by atoms with van der Waals surface area (Å²) in [6, 6.07) is 11.3. The molecule has 1 fully saturated rings. The van der Waals surface area contributed by atoms with E-state index >= 15 is 0 Å². The van der Waals surface area contributed by atoms with E-state index < -0.39 is 18.3 Å². The second kappa shape index (κ2) is 7.69. The molecular formula is C23H27BN2O5. The Morgan fingerprint density at radius 1 is 0.968 bits per heavy atom. The maximum Gasteiger partial charge on any atom is 0.494 e. The van der Waals surface area contributed by atoms with E-state index in [2.05, 4.69) is 10.6 Å². The van der Waals surface area contributed by atoms with Gasteiger partial charge in [0, 0.05) is 6.42 Å². The second-order valence-electron chi connectivity index (χ2n) is 8.93. The fourth-order valence-electron chi connectivity index (χ4n) is 3.63. The molecule has 2 aromatic carbocycles. The van der Waals surface area contributed by atoms with Crippen LogP contribution >= 0.6 is 0 Å². The van der Waals surface area contributed by atoms with E-state index in [1.165, 1.54) is 7.11 Å². The van der Waals surface area contributed by atoms with Gasteiger partial charge in [0.05, 0.1) is 40.9 Å². The minimum atomic E-state index is -0.511. The number of hydrogen-bond donors (Lipinski definition) is 2. The summed E-state index contributed by atoms with van der Waals surface area (Å²) in [6.45, 7) is 8.04. The Hall–Kier alpha value is -2.84. The molecule has 8 heteroatoms. The number of aryl methyl sites for hydroxylation is 1. The standard InChI is InChI=1S/C23H27BN2O5/c1-22(2)23(3,4)31-24(30-22)15-8-9-16-18(13-15)25-17-10-6-14(7-11-20(27)29-5)12-19(17)26-21(16)28/h6,8-10,12-13,25H,7,11H2,1-5H3,(H,26,28). The van der Waals surface area contributed by atoms with Crippen molar-refractivity contribution in [1.29, 1.82) is 0 Å². The molecule has 0 saturated carbocycles. The lowest BCUT2D eigenvalue weighted by atomic mass is 9.78. The number of amides is 1. The number of ether oxygens (including phenoxy) is 1. The maximum absolute atomic E-state index is 12.8. The lowest BCUT2D eigenvalue weighted by Gasteiger charge is -2.32.